The smallest absolute Gasteiger partial charge is 0.330 e. The summed E-state index contributed by atoms with van der Waals surface area (Å²) in [5.41, 5.74) is 6.50. The lowest BCUT2D eigenvalue weighted by Gasteiger charge is -2.29. The van der Waals surface area contributed by atoms with Gasteiger partial charge in [-0.15, -0.1) is 0 Å². The van der Waals surface area contributed by atoms with Crippen LogP contribution in [-0.4, -0.2) is 26.2 Å². The minimum Gasteiger partial charge on any atom is -0.467 e. The number of carbonyl (C=O) groups excluding carboxylic acids is 1. The highest BCUT2D eigenvalue weighted by Gasteiger charge is 2.38. The van der Waals surface area contributed by atoms with Crippen molar-refractivity contribution in [3.8, 4) is 0 Å². The predicted molar refractivity (Wildman–Crippen MR) is 72.4 cm³/mol. The first kappa shape index (κ1) is 16.9. The molecule has 0 amide bonds. The first-order chi connectivity index (χ1) is 9.95. The third-order valence-electron chi connectivity index (χ3n) is 3.04. The van der Waals surface area contributed by atoms with Crippen molar-refractivity contribution >= 4 is 5.97 Å². The average molecular weight is 298 g/mol. The van der Waals surface area contributed by atoms with Crippen LogP contribution in [0.5, 0.6) is 0 Å². The Labute approximate surface area is 120 Å². The van der Waals surface area contributed by atoms with Crippen molar-refractivity contribution in [1.29, 1.82) is 0 Å². The van der Waals surface area contributed by atoms with Crippen molar-refractivity contribution in [1.82, 2.24) is 5.32 Å². The number of nitrogens with one attached hydrogen (secondary N) is 1. The molecule has 0 aliphatic rings. The van der Waals surface area contributed by atoms with Gasteiger partial charge in [-0.2, -0.15) is 0 Å². The van der Waals surface area contributed by atoms with E-state index < -0.39 is 23.1 Å². The summed E-state index contributed by atoms with van der Waals surface area (Å²) in [4.78, 5) is 14.6. The highest BCUT2D eigenvalue weighted by atomic mass is 19.1. The molecule has 0 aliphatic heterocycles. The molecule has 0 saturated carbocycles. The lowest BCUT2D eigenvalue weighted by molar-refractivity contribution is -0.148. The van der Waals surface area contributed by atoms with Crippen molar-refractivity contribution in [2.24, 2.45) is 5.11 Å². The van der Waals surface area contributed by atoms with Crippen molar-refractivity contribution < 1.29 is 18.3 Å². The van der Waals surface area contributed by atoms with Gasteiger partial charge in [0.1, 0.15) is 17.2 Å². The standard InChI is InChI=1S/C13H16F2N4O2/c1-13(12(20)21-2,17-6-3-7-18-19-16)10-8-9(14)4-5-11(10)15/h4-5,8,17H,3,6-7H2,1-2H3. The molecule has 0 spiro atoms. The third kappa shape index (κ3) is 4.14. The average Bonchev–Trinajstić information content (AvgIpc) is 2.48. The summed E-state index contributed by atoms with van der Waals surface area (Å²) < 4.78 is 31.9. The molecule has 114 valence electrons. The second kappa shape index (κ2) is 7.56. The predicted octanol–water partition coefficient (Wildman–Crippen LogP) is 2.64. The number of benzene rings is 1. The number of carbonyl (C=O) groups is 1. The molecule has 0 bridgehead atoms. The van der Waals surface area contributed by atoms with Crippen molar-refractivity contribution in [3.05, 3.63) is 45.8 Å². The normalized spacial score (nSPS) is 13.1. The fourth-order valence-corrected chi connectivity index (χ4v) is 1.90. The van der Waals surface area contributed by atoms with E-state index in [0.717, 1.165) is 18.2 Å². The second-order valence-electron chi connectivity index (χ2n) is 4.48. The van der Waals surface area contributed by atoms with E-state index >= 15 is 0 Å². The van der Waals surface area contributed by atoms with E-state index in [0.29, 0.717) is 6.42 Å². The van der Waals surface area contributed by atoms with E-state index in [1.54, 1.807) is 0 Å². The maximum absolute atomic E-state index is 13.9. The van der Waals surface area contributed by atoms with Crippen LogP contribution in [-0.2, 0) is 15.1 Å². The number of halogens is 2. The monoisotopic (exact) mass is 298 g/mol. The van der Waals surface area contributed by atoms with Crippen LogP contribution in [0.4, 0.5) is 8.78 Å². The molecule has 1 N–H and O–H groups in total. The molecule has 1 atom stereocenters. The number of nitrogens with zero attached hydrogens (tertiary/aromatic N) is 3. The minimum absolute atomic E-state index is 0.141. The fourth-order valence-electron chi connectivity index (χ4n) is 1.90. The molecule has 21 heavy (non-hydrogen) atoms. The second-order valence-corrected chi connectivity index (χ2v) is 4.48. The first-order valence-electron chi connectivity index (χ1n) is 6.25. The molecule has 0 saturated heterocycles. The number of azide groups is 1. The zero-order valence-corrected chi connectivity index (χ0v) is 11.8. The number of esters is 1. The quantitative estimate of drug-likeness (QED) is 0.276. The van der Waals surface area contributed by atoms with Gasteiger partial charge in [0.2, 0.25) is 0 Å². The Morgan fingerprint density at radius 1 is 1.52 bits per heavy atom. The molecule has 0 heterocycles. The molecular formula is C13H16F2N4O2. The summed E-state index contributed by atoms with van der Waals surface area (Å²) in [5.74, 6) is -2.11. The molecule has 1 unspecified atom stereocenters. The van der Waals surface area contributed by atoms with Gasteiger partial charge in [-0.25, -0.2) is 13.6 Å². The summed E-state index contributed by atoms with van der Waals surface area (Å²) in [6, 6.07) is 2.87. The molecule has 0 aliphatic carbocycles. The van der Waals surface area contributed by atoms with Crippen molar-refractivity contribution in [2.75, 3.05) is 20.2 Å². The van der Waals surface area contributed by atoms with Gasteiger partial charge >= 0.3 is 5.97 Å². The molecule has 1 rings (SSSR count). The summed E-state index contributed by atoms with van der Waals surface area (Å²) >= 11 is 0. The van der Waals surface area contributed by atoms with Gasteiger partial charge in [-0.3, -0.25) is 5.32 Å². The Morgan fingerprint density at radius 3 is 2.86 bits per heavy atom. The lowest BCUT2D eigenvalue weighted by Crippen LogP contribution is -2.48. The van der Waals surface area contributed by atoms with E-state index in [1.165, 1.54) is 14.0 Å². The Hall–Kier alpha value is -2.18. The molecule has 0 fully saturated rings. The molecular weight excluding hydrogens is 282 g/mol. The van der Waals surface area contributed by atoms with E-state index in [1.807, 2.05) is 0 Å². The van der Waals surface area contributed by atoms with Gasteiger partial charge in [-0.05, 0) is 43.6 Å². The van der Waals surface area contributed by atoms with Crippen LogP contribution in [0.3, 0.4) is 0 Å². The van der Waals surface area contributed by atoms with Crippen LogP contribution in [0, 0.1) is 11.6 Å². The van der Waals surface area contributed by atoms with Crippen LogP contribution in [0.25, 0.3) is 10.4 Å². The van der Waals surface area contributed by atoms with Gasteiger partial charge in [0.15, 0.2) is 0 Å². The molecule has 0 aromatic heterocycles. The number of ether oxygens (including phenoxy) is 1. The SMILES string of the molecule is COC(=O)C(C)(NCCCN=[N+]=[N-])c1cc(F)ccc1F. The van der Waals surface area contributed by atoms with Gasteiger partial charge in [0.05, 0.1) is 7.11 Å². The molecule has 1 aromatic rings. The maximum Gasteiger partial charge on any atom is 0.330 e. The van der Waals surface area contributed by atoms with E-state index in [9.17, 15) is 13.6 Å². The van der Waals surface area contributed by atoms with Crippen molar-refractivity contribution in [2.45, 2.75) is 18.9 Å². The highest BCUT2D eigenvalue weighted by Crippen LogP contribution is 2.26. The van der Waals surface area contributed by atoms with Crippen LogP contribution in [0.2, 0.25) is 0 Å². The maximum atomic E-state index is 13.9. The summed E-state index contributed by atoms with van der Waals surface area (Å²) in [5, 5.41) is 6.18. The van der Waals surface area contributed by atoms with E-state index in [-0.39, 0.29) is 18.7 Å². The van der Waals surface area contributed by atoms with Gasteiger partial charge in [0, 0.05) is 17.0 Å². The van der Waals surface area contributed by atoms with Crippen LogP contribution in [0.1, 0.15) is 18.9 Å². The number of methoxy groups -OCH3 is 1. The fraction of sp³-hybridized carbons (Fsp3) is 0.462. The minimum atomic E-state index is -1.53. The Morgan fingerprint density at radius 2 is 2.24 bits per heavy atom. The van der Waals surface area contributed by atoms with E-state index in [2.05, 4.69) is 20.1 Å². The van der Waals surface area contributed by atoms with Gasteiger partial charge < -0.3 is 4.74 Å². The van der Waals surface area contributed by atoms with Crippen molar-refractivity contribution in [3.63, 3.8) is 0 Å². The number of hydrogen-bond donors (Lipinski definition) is 1. The van der Waals surface area contributed by atoms with Crippen LogP contribution >= 0.6 is 0 Å². The zero-order valence-electron chi connectivity index (χ0n) is 11.8. The Bertz CT molecular complexity index is 561. The van der Waals surface area contributed by atoms with Gasteiger partial charge in [0.25, 0.3) is 0 Å². The summed E-state index contributed by atoms with van der Waals surface area (Å²) in [6.07, 6.45) is 0.438. The number of rotatable bonds is 7. The Kier molecular flexibility index (Phi) is 6.08. The zero-order chi connectivity index (χ0) is 15.9. The molecule has 1 aromatic carbocycles. The van der Waals surface area contributed by atoms with Crippen LogP contribution in [0.15, 0.2) is 23.3 Å². The molecule has 6 nitrogen and oxygen atoms in total. The summed E-state index contributed by atoms with van der Waals surface area (Å²) in [7, 11) is 1.17. The van der Waals surface area contributed by atoms with E-state index in [4.69, 9.17) is 5.53 Å². The van der Waals surface area contributed by atoms with Crippen LogP contribution < -0.4 is 5.32 Å². The topological polar surface area (TPSA) is 87.1 Å². The third-order valence-corrected chi connectivity index (χ3v) is 3.04. The largest absolute Gasteiger partial charge is 0.467 e. The summed E-state index contributed by atoms with van der Waals surface area (Å²) in [6.45, 7) is 1.90. The molecule has 0 radical (unpaired) electrons. The Balaban J connectivity index is 3.00. The lowest BCUT2D eigenvalue weighted by atomic mass is 9.91. The highest BCUT2D eigenvalue weighted by molar-refractivity contribution is 5.82. The number of hydrogen-bond acceptors (Lipinski definition) is 4. The first-order valence-corrected chi connectivity index (χ1v) is 6.25. The molecule has 8 heteroatoms. The van der Waals surface area contributed by atoms with Gasteiger partial charge in [-0.1, -0.05) is 5.11 Å².